The van der Waals surface area contributed by atoms with E-state index in [-0.39, 0.29) is 23.2 Å². The van der Waals surface area contributed by atoms with Crippen molar-refractivity contribution >= 4 is 11.7 Å². The van der Waals surface area contributed by atoms with Crippen LogP contribution in [0.3, 0.4) is 0 Å². The maximum atomic E-state index is 12.0. The van der Waals surface area contributed by atoms with Crippen LogP contribution in [-0.2, 0) is 9.59 Å². The fraction of sp³-hybridized carbons (Fsp3) is 0.833. The van der Waals surface area contributed by atoms with Crippen LogP contribution in [0.4, 0.5) is 0 Å². The highest BCUT2D eigenvalue weighted by Crippen LogP contribution is 2.52. The monoisotopic (exact) mass is 209 g/mol. The summed E-state index contributed by atoms with van der Waals surface area (Å²) in [6.45, 7) is 7.45. The first-order valence-corrected chi connectivity index (χ1v) is 5.73. The van der Waals surface area contributed by atoms with Crippen LogP contribution in [-0.4, -0.2) is 29.7 Å². The fourth-order valence-corrected chi connectivity index (χ4v) is 2.32. The Bertz CT molecular complexity index is 309. The average molecular weight is 209 g/mol. The molecular weight excluding hydrogens is 190 g/mol. The molecule has 0 bridgehead atoms. The van der Waals surface area contributed by atoms with Gasteiger partial charge in [0.2, 0.25) is 5.91 Å². The first-order valence-electron chi connectivity index (χ1n) is 5.73. The summed E-state index contributed by atoms with van der Waals surface area (Å²) in [5.41, 5.74) is 0.196. The number of rotatable bonds is 1. The van der Waals surface area contributed by atoms with E-state index in [4.69, 9.17) is 0 Å². The smallest absolute Gasteiger partial charge is 0.226 e. The second-order valence-corrected chi connectivity index (χ2v) is 5.65. The molecule has 2 atom stereocenters. The number of carbonyl (C=O) groups excluding carboxylic acids is 2. The predicted octanol–water partition coefficient (Wildman–Crippen LogP) is 1.47. The number of carbonyl (C=O) groups is 2. The van der Waals surface area contributed by atoms with Gasteiger partial charge in [-0.15, -0.1) is 0 Å². The molecule has 2 fully saturated rings. The van der Waals surface area contributed by atoms with Crippen LogP contribution >= 0.6 is 0 Å². The lowest BCUT2D eigenvalue weighted by molar-refractivity contribution is -0.138. The third-order valence-electron chi connectivity index (χ3n) is 3.80. The molecule has 3 nitrogen and oxygen atoms in total. The molecule has 0 radical (unpaired) electrons. The molecule has 0 spiro atoms. The van der Waals surface area contributed by atoms with Gasteiger partial charge in [-0.25, -0.2) is 0 Å². The molecule has 0 aromatic heterocycles. The van der Waals surface area contributed by atoms with E-state index in [0.29, 0.717) is 25.3 Å². The summed E-state index contributed by atoms with van der Waals surface area (Å²) in [6, 6.07) is 0. The molecule has 2 aliphatic rings. The highest BCUT2D eigenvalue weighted by molar-refractivity contribution is 5.87. The highest BCUT2D eigenvalue weighted by atomic mass is 16.2. The average Bonchev–Trinajstić information content (AvgIpc) is 2.79. The fourth-order valence-electron chi connectivity index (χ4n) is 2.32. The van der Waals surface area contributed by atoms with Crippen LogP contribution in [0.2, 0.25) is 0 Å². The van der Waals surface area contributed by atoms with Gasteiger partial charge in [-0.3, -0.25) is 9.59 Å². The molecule has 0 aromatic rings. The molecule has 1 saturated heterocycles. The lowest BCUT2D eigenvalue weighted by Gasteiger charge is -2.30. The van der Waals surface area contributed by atoms with E-state index in [2.05, 4.69) is 13.8 Å². The summed E-state index contributed by atoms with van der Waals surface area (Å²) in [6.07, 6.45) is 1.55. The van der Waals surface area contributed by atoms with Crippen molar-refractivity contribution in [3.63, 3.8) is 0 Å². The first-order chi connectivity index (χ1) is 6.92. The lowest BCUT2D eigenvalue weighted by atomic mass is 9.97. The molecule has 3 heteroatoms. The zero-order chi connectivity index (χ0) is 11.2. The molecule has 1 heterocycles. The minimum atomic E-state index is 0.0320. The predicted molar refractivity (Wildman–Crippen MR) is 57.3 cm³/mol. The molecule has 0 N–H and O–H groups in total. The molecule has 2 unspecified atom stereocenters. The van der Waals surface area contributed by atoms with Crippen LogP contribution in [0, 0.1) is 17.3 Å². The third-order valence-corrected chi connectivity index (χ3v) is 3.80. The van der Waals surface area contributed by atoms with Gasteiger partial charge >= 0.3 is 0 Å². The summed E-state index contributed by atoms with van der Waals surface area (Å²) in [7, 11) is 0. The summed E-state index contributed by atoms with van der Waals surface area (Å²) in [5, 5.41) is 0. The van der Waals surface area contributed by atoms with Gasteiger partial charge in [-0.05, 0) is 11.8 Å². The van der Waals surface area contributed by atoms with Gasteiger partial charge in [-0.1, -0.05) is 20.8 Å². The molecule has 1 aliphatic carbocycles. The third kappa shape index (κ3) is 1.92. The molecule has 2 rings (SSSR count). The quantitative estimate of drug-likeness (QED) is 0.656. The number of likely N-dealkylation sites (tertiary alicyclic amines) is 1. The van der Waals surface area contributed by atoms with Crippen molar-refractivity contribution in [2.24, 2.45) is 17.3 Å². The Morgan fingerprint density at radius 1 is 1.47 bits per heavy atom. The van der Waals surface area contributed by atoms with Crippen molar-refractivity contribution in [1.82, 2.24) is 4.90 Å². The van der Waals surface area contributed by atoms with Crippen molar-refractivity contribution in [2.45, 2.75) is 33.6 Å². The van der Waals surface area contributed by atoms with E-state index in [1.54, 1.807) is 0 Å². The minimum absolute atomic E-state index is 0.0320. The number of ketones is 1. The Hall–Kier alpha value is -0.860. The number of hydrogen-bond donors (Lipinski definition) is 0. The maximum Gasteiger partial charge on any atom is 0.226 e. The van der Waals surface area contributed by atoms with Crippen molar-refractivity contribution in [1.29, 1.82) is 0 Å². The standard InChI is InChI=1S/C12H19NO2/c1-8-7-13(5-4-10(8)14)11(15)9-6-12(9,2)3/h8-9H,4-7H2,1-3H3. The van der Waals surface area contributed by atoms with Gasteiger partial charge in [-0.2, -0.15) is 0 Å². The normalized spacial score (nSPS) is 34.1. The zero-order valence-corrected chi connectivity index (χ0v) is 9.75. The SMILES string of the molecule is CC1CN(C(=O)C2CC2(C)C)CCC1=O. The molecule has 0 aromatic carbocycles. The Morgan fingerprint density at radius 2 is 2.07 bits per heavy atom. The van der Waals surface area contributed by atoms with Crippen LogP contribution in [0.1, 0.15) is 33.6 Å². The van der Waals surface area contributed by atoms with E-state index < -0.39 is 0 Å². The number of amides is 1. The van der Waals surface area contributed by atoms with Crippen molar-refractivity contribution in [2.75, 3.05) is 13.1 Å². The number of Topliss-reactive ketones (excluding diaryl/α,β-unsaturated/α-hetero) is 1. The van der Waals surface area contributed by atoms with E-state index in [1.807, 2.05) is 11.8 Å². The van der Waals surface area contributed by atoms with Crippen molar-refractivity contribution in [3.05, 3.63) is 0 Å². The van der Waals surface area contributed by atoms with Gasteiger partial charge in [0, 0.05) is 31.3 Å². The van der Waals surface area contributed by atoms with E-state index in [0.717, 1.165) is 6.42 Å². The van der Waals surface area contributed by atoms with Gasteiger partial charge < -0.3 is 4.90 Å². The van der Waals surface area contributed by atoms with Gasteiger partial charge in [0.25, 0.3) is 0 Å². The Kier molecular flexibility index (Phi) is 2.36. The summed E-state index contributed by atoms with van der Waals surface area (Å²) in [4.78, 5) is 25.3. The second-order valence-electron chi connectivity index (χ2n) is 5.65. The van der Waals surface area contributed by atoms with Gasteiger partial charge in [0.15, 0.2) is 0 Å². The van der Waals surface area contributed by atoms with Crippen LogP contribution in [0.25, 0.3) is 0 Å². The molecule has 1 saturated carbocycles. The van der Waals surface area contributed by atoms with E-state index in [1.165, 1.54) is 0 Å². The number of hydrogen-bond acceptors (Lipinski definition) is 2. The summed E-state index contributed by atoms with van der Waals surface area (Å²) >= 11 is 0. The molecular formula is C12H19NO2. The largest absolute Gasteiger partial charge is 0.341 e. The Labute approximate surface area is 90.8 Å². The van der Waals surface area contributed by atoms with Crippen molar-refractivity contribution in [3.8, 4) is 0 Å². The van der Waals surface area contributed by atoms with Crippen LogP contribution in [0.5, 0.6) is 0 Å². The highest BCUT2D eigenvalue weighted by Gasteiger charge is 2.52. The molecule has 84 valence electrons. The van der Waals surface area contributed by atoms with Gasteiger partial charge in [0.1, 0.15) is 5.78 Å². The molecule has 15 heavy (non-hydrogen) atoms. The second kappa shape index (κ2) is 3.32. The summed E-state index contributed by atoms with van der Waals surface area (Å²) in [5.74, 6) is 0.802. The minimum Gasteiger partial charge on any atom is -0.341 e. The first kappa shape index (κ1) is 10.7. The van der Waals surface area contributed by atoms with E-state index in [9.17, 15) is 9.59 Å². The lowest BCUT2D eigenvalue weighted by Crippen LogP contribution is -2.44. The molecule has 1 amide bonds. The molecule has 1 aliphatic heterocycles. The van der Waals surface area contributed by atoms with Crippen LogP contribution < -0.4 is 0 Å². The number of piperidine rings is 1. The number of nitrogens with zero attached hydrogens (tertiary/aromatic N) is 1. The Balaban J connectivity index is 1.95. The maximum absolute atomic E-state index is 12.0. The summed E-state index contributed by atoms with van der Waals surface area (Å²) < 4.78 is 0. The zero-order valence-electron chi connectivity index (χ0n) is 9.75. The van der Waals surface area contributed by atoms with Crippen LogP contribution in [0.15, 0.2) is 0 Å². The topological polar surface area (TPSA) is 37.4 Å². The van der Waals surface area contributed by atoms with E-state index >= 15 is 0 Å². The van der Waals surface area contributed by atoms with Gasteiger partial charge in [0.05, 0.1) is 0 Å². The van der Waals surface area contributed by atoms with Crippen molar-refractivity contribution < 1.29 is 9.59 Å². The Morgan fingerprint density at radius 3 is 2.53 bits per heavy atom.